The molecular weight excluding hydrogens is 212 g/mol. The zero-order chi connectivity index (χ0) is 12.1. The first-order valence-corrected chi connectivity index (χ1v) is 6.54. The van der Waals surface area contributed by atoms with Crippen molar-refractivity contribution in [1.29, 1.82) is 0 Å². The minimum absolute atomic E-state index is 0.209. The molecule has 1 fully saturated rings. The van der Waals surface area contributed by atoms with E-state index in [1.807, 2.05) is 12.1 Å². The van der Waals surface area contributed by atoms with Crippen molar-refractivity contribution in [2.24, 2.45) is 0 Å². The fraction of sp³-hybridized carbons (Fsp3) is 0.571. The van der Waals surface area contributed by atoms with Crippen molar-refractivity contribution in [3.63, 3.8) is 0 Å². The molecule has 0 radical (unpaired) electrons. The van der Waals surface area contributed by atoms with Crippen LogP contribution in [0.25, 0.3) is 0 Å². The maximum atomic E-state index is 9.22. The van der Waals surface area contributed by atoms with Gasteiger partial charge >= 0.3 is 0 Å². The summed E-state index contributed by atoms with van der Waals surface area (Å²) in [5, 5.41) is 9.22. The fourth-order valence-corrected chi connectivity index (χ4v) is 2.69. The number of hydrogen-bond donors (Lipinski definition) is 2. The van der Waals surface area contributed by atoms with E-state index in [0.717, 1.165) is 5.69 Å². The molecule has 0 aromatic heterocycles. The van der Waals surface area contributed by atoms with Crippen LogP contribution in [0.15, 0.2) is 24.3 Å². The highest BCUT2D eigenvalue weighted by molar-refractivity contribution is 5.53. The van der Waals surface area contributed by atoms with Gasteiger partial charge in [0.15, 0.2) is 0 Å². The summed E-state index contributed by atoms with van der Waals surface area (Å²) in [6.45, 7) is 0.926. The number of aliphatic hydroxyl groups is 1. The third-order valence-corrected chi connectivity index (χ3v) is 3.58. The van der Waals surface area contributed by atoms with Crippen LogP contribution in [0.5, 0.6) is 0 Å². The number of anilines is 2. The van der Waals surface area contributed by atoms with Gasteiger partial charge < -0.3 is 15.7 Å². The molecule has 0 bridgehead atoms. The van der Waals surface area contributed by atoms with Crippen LogP contribution in [0.1, 0.15) is 32.1 Å². The van der Waals surface area contributed by atoms with E-state index in [2.05, 4.69) is 17.0 Å². The standard InChI is InChI=1S/C14H22N2O/c15-12-6-8-14(9-7-12)16(10-11-17)13-4-2-1-3-5-13/h6-9,13,17H,1-5,10-11,15H2. The molecule has 0 amide bonds. The van der Waals surface area contributed by atoms with Crippen molar-refractivity contribution in [1.82, 2.24) is 0 Å². The highest BCUT2D eigenvalue weighted by Crippen LogP contribution is 2.27. The van der Waals surface area contributed by atoms with E-state index in [9.17, 15) is 5.11 Å². The van der Waals surface area contributed by atoms with Crippen molar-refractivity contribution in [2.45, 2.75) is 38.1 Å². The SMILES string of the molecule is Nc1ccc(N(CCO)C2CCCCC2)cc1. The molecule has 1 aliphatic rings. The van der Waals surface area contributed by atoms with Crippen molar-refractivity contribution >= 4 is 11.4 Å². The first-order valence-electron chi connectivity index (χ1n) is 6.54. The van der Waals surface area contributed by atoms with E-state index in [1.54, 1.807) is 0 Å². The van der Waals surface area contributed by atoms with Gasteiger partial charge in [-0.15, -0.1) is 0 Å². The average Bonchev–Trinajstić information content (AvgIpc) is 2.38. The molecule has 94 valence electrons. The van der Waals surface area contributed by atoms with Gasteiger partial charge in [0.05, 0.1) is 6.61 Å². The maximum absolute atomic E-state index is 9.22. The summed E-state index contributed by atoms with van der Waals surface area (Å²) >= 11 is 0. The first-order chi connectivity index (χ1) is 8.31. The lowest BCUT2D eigenvalue weighted by Gasteiger charge is -2.35. The van der Waals surface area contributed by atoms with Gasteiger partial charge in [-0.05, 0) is 37.1 Å². The summed E-state index contributed by atoms with van der Waals surface area (Å²) in [6, 6.07) is 8.56. The third kappa shape index (κ3) is 3.13. The van der Waals surface area contributed by atoms with Crippen molar-refractivity contribution in [3.05, 3.63) is 24.3 Å². The Morgan fingerprint density at radius 1 is 1.12 bits per heavy atom. The highest BCUT2D eigenvalue weighted by Gasteiger charge is 2.20. The van der Waals surface area contributed by atoms with E-state index in [0.29, 0.717) is 12.6 Å². The molecule has 3 N–H and O–H groups in total. The Morgan fingerprint density at radius 2 is 1.76 bits per heavy atom. The Morgan fingerprint density at radius 3 is 2.35 bits per heavy atom. The largest absolute Gasteiger partial charge is 0.399 e. The zero-order valence-corrected chi connectivity index (χ0v) is 10.3. The Hall–Kier alpha value is -1.22. The molecule has 0 unspecified atom stereocenters. The molecular formula is C14H22N2O. The summed E-state index contributed by atoms with van der Waals surface area (Å²) in [5.74, 6) is 0. The van der Waals surface area contributed by atoms with Crippen molar-refractivity contribution in [2.75, 3.05) is 23.8 Å². The van der Waals surface area contributed by atoms with E-state index in [4.69, 9.17) is 5.73 Å². The number of nitrogens with two attached hydrogens (primary N) is 1. The minimum Gasteiger partial charge on any atom is -0.399 e. The van der Waals surface area contributed by atoms with Crippen LogP contribution in [0.4, 0.5) is 11.4 Å². The smallest absolute Gasteiger partial charge is 0.0606 e. The molecule has 0 spiro atoms. The van der Waals surface area contributed by atoms with Crippen LogP contribution < -0.4 is 10.6 Å². The van der Waals surface area contributed by atoms with Gasteiger partial charge in [0, 0.05) is 24.0 Å². The molecule has 17 heavy (non-hydrogen) atoms. The lowest BCUT2D eigenvalue weighted by molar-refractivity contribution is 0.290. The number of aliphatic hydroxyl groups excluding tert-OH is 1. The predicted molar refractivity (Wildman–Crippen MR) is 72.2 cm³/mol. The van der Waals surface area contributed by atoms with Gasteiger partial charge in [0.25, 0.3) is 0 Å². The van der Waals surface area contributed by atoms with E-state index in [-0.39, 0.29) is 6.61 Å². The van der Waals surface area contributed by atoms with E-state index in [1.165, 1.54) is 37.8 Å². The molecule has 1 aromatic carbocycles. The molecule has 1 aliphatic carbocycles. The second kappa shape index (κ2) is 5.92. The second-order valence-corrected chi connectivity index (χ2v) is 4.80. The molecule has 0 atom stereocenters. The van der Waals surface area contributed by atoms with Gasteiger partial charge in [0.1, 0.15) is 0 Å². The monoisotopic (exact) mass is 234 g/mol. The predicted octanol–water partition coefficient (Wildman–Crippen LogP) is 2.40. The summed E-state index contributed by atoms with van der Waals surface area (Å²) in [5.41, 5.74) is 7.68. The lowest BCUT2D eigenvalue weighted by Crippen LogP contribution is -2.38. The highest BCUT2D eigenvalue weighted by atomic mass is 16.3. The van der Waals surface area contributed by atoms with Crippen molar-refractivity contribution < 1.29 is 5.11 Å². The Balaban J connectivity index is 2.12. The van der Waals surface area contributed by atoms with Gasteiger partial charge in [-0.25, -0.2) is 0 Å². The van der Waals surface area contributed by atoms with Crippen molar-refractivity contribution in [3.8, 4) is 0 Å². The molecule has 3 heteroatoms. The summed E-state index contributed by atoms with van der Waals surface area (Å²) in [6.07, 6.45) is 6.45. The topological polar surface area (TPSA) is 49.5 Å². The normalized spacial score (nSPS) is 17.0. The van der Waals surface area contributed by atoms with Gasteiger partial charge in [-0.3, -0.25) is 0 Å². The molecule has 1 aromatic rings. The number of nitrogen functional groups attached to an aromatic ring is 1. The molecule has 0 saturated heterocycles. The Labute approximate surface area is 103 Å². The number of hydrogen-bond acceptors (Lipinski definition) is 3. The fourth-order valence-electron chi connectivity index (χ4n) is 2.69. The quantitative estimate of drug-likeness (QED) is 0.786. The van der Waals surface area contributed by atoms with Crippen LogP contribution in [-0.2, 0) is 0 Å². The molecule has 0 heterocycles. The zero-order valence-electron chi connectivity index (χ0n) is 10.3. The Kier molecular flexibility index (Phi) is 4.26. The third-order valence-electron chi connectivity index (χ3n) is 3.58. The van der Waals surface area contributed by atoms with Gasteiger partial charge in [-0.1, -0.05) is 19.3 Å². The first kappa shape index (κ1) is 12.2. The van der Waals surface area contributed by atoms with Crippen LogP contribution in [0.3, 0.4) is 0 Å². The molecule has 1 saturated carbocycles. The number of rotatable bonds is 4. The van der Waals surface area contributed by atoms with E-state index < -0.39 is 0 Å². The second-order valence-electron chi connectivity index (χ2n) is 4.80. The molecule has 2 rings (SSSR count). The van der Waals surface area contributed by atoms with Crippen LogP contribution in [-0.4, -0.2) is 24.3 Å². The van der Waals surface area contributed by atoms with Gasteiger partial charge in [0.2, 0.25) is 0 Å². The number of benzene rings is 1. The summed E-state index contributed by atoms with van der Waals surface area (Å²) in [4.78, 5) is 2.33. The Bertz CT molecular complexity index is 331. The molecule has 3 nitrogen and oxygen atoms in total. The minimum atomic E-state index is 0.209. The maximum Gasteiger partial charge on any atom is 0.0606 e. The lowest BCUT2D eigenvalue weighted by atomic mass is 9.94. The van der Waals surface area contributed by atoms with Crippen LogP contribution >= 0.6 is 0 Å². The summed E-state index contributed by atoms with van der Waals surface area (Å²) < 4.78 is 0. The summed E-state index contributed by atoms with van der Waals surface area (Å²) in [7, 11) is 0. The van der Waals surface area contributed by atoms with Crippen LogP contribution in [0.2, 0.25) is 0 Å². The van der Waals surface area contributed by atoms with Crippen LogP contribution in [0, 0.1) is 0 Å². The van der Waals surface area contributed by atoms with E-state index >= 15 is 0 Å². The number of nitrogens with zero attached hydrogens (tertiary/aromatic N) is 1. The molecule has 0 aliphatic heterocycles. The average molecular weight is 234 g/mol. The van der Waals surface area contributed by atoms with Gasteiger partial charge in [-0.2, -0.15) is 0 Å².